The zero-order valence-corrected chi connectivity index (χ0v) is 9.92. The topological polar surface area (TPSA) is 55.1 Å². The van der Waals surface area contributed by atoms with Gasteiger partial charge in [0.1, 0.15) is 6.04 Å². The first kappa shape index (κ1) is 14.5. The SMILES string of the molecule is CCCNC(C(N)=O)c1ccccc1C(F)(F)F. The van der Waals surface area contributed by atoms with Crippen molar-refractivity contribution in [3.05, 3.63) is 35.4 Å². The second-order valence-corrected chi connectivity index (χ2v) is 3.87. The van der Waals surface area contributed by atoms with Crippen molar-refractivity contribution in [2.24, 2.45) is 5.73 Å². The van der Waals surface area contributed by atoms with Crippen LogP contribution < -0.4 is 11.1 Å². The minimum absolute atomic E-state index is 0.133. The van der Waals surface area contributed by atoms with Crippen LogP contribution in [-0.2, 0) is 11.0 Å². The molecule has 3 nitrogen and oxygen atoms in total. The summed E-state index contributed by atoms with van der Waals surface area (Å²) in [5, 5.41) is 2.72. The van der Waals surface area contributed by atoms with Gasteiger partial charge in [-0.25, -0.2) is 0 Å². The Morgan fingerprint density at radius 2 is 2.00 bits per heavy atom. The highest BCUT2D eigenvalue weighted by Gasteiger charge is 2.35. The van der Waals surface area contributed by atoms with E-state index in [0.717, 1.165) is 6.07 Å². The van der Waals surface area contributed by atoms with Gasteiger partial charge in [0.15, 0.2) is 0 Å². The first-order valence-corrected chi connectivity index (χ1v) is 5.56. The largest absolute Gasteiger partial charge is 0.416 e. The summed E-state index contributed by atoms with van der Waals surface area (Å²) in [4.78, 5) is 11.3. The smallest absolute Gasteiger partial charge is 0.368 e. The van der Waals surface area contributed by atoms with Crippen LogP contribution in [0.15, 0.2) is 24.3 Å². The number of halogens is 3. The normalized spacial score (nSPS) is 13.3. The maximum atomic E-state index is 12.8. The quantitative estimate of drug-likeness (QED) is 0.853. The molecule has 0 aliphatic carbocycles. The fourth-order valence-electron chi connectivity index (χ4n) is 1.66. The highest BCUT2D eigenvalue weighted by Crippen LogP contribution is 2.34. The van der Waals surface area contributed by atoms with E-state index < -0.39 is 23.7 Å². The molecule has 1 rings (SSSR count). The van der Waals surface area contributed by atoms with Gasteiger partial charge in [-0.15, -0.1) is 0 Å². The van der Waals surface area contributed by atoms with E-state index in [-0.39, 0.29) is 5.56 Å². The summed E-state index contributed by atoms with van der Waals surface area (Å²) < 4.78 is 38.4. The van der Waals surface area contributed by atoms with Crippen LogP contribution in [0.5, 0.6) is 0 Å². The summed E-state index contributed by atoms with van der Waals surface area (Å²) in [6, 6.07) is 3.82. The first-order chi connectivity index (χ1) is 8.38. The van der Waals surface area contributed by atoms with Crippen molar-refractivity contribution in [2.75, 3.05) is 6.54 Å². The molecule has 0 saturated carbocycles. The average Bonchev–Trinajstić information content (AvgIpc) is 2.28. The summed E-state index contributed by atoms with van der Waals surface area (Å²) >= 11 is 0. The number of rotatable bonds is 5. The molecule has 0 aliphatic heterocycles. The Hall–Kier alpha value is -1.56. The highest BCUT2D eigenvalue weighted by atomic mass is 19.4. The second-order valence-electron chi connectivity index (χ2n) is 3.87. The molecule has 1 amide bonds. The lowest BCUT2D eigenvalue weighted by atomic mass is 9.99. The van der Waals surface area contributed by atoms with Crippen LogP contribution in [0, 0.1) is 0 Å². The van der Waals surface area contributed by atoms with Gasteiger partial charge in [-0.1, -0.05) is 25.1 Å². The number of amides is 1. The van der Waals surface area contributed by atoms with Crippen molar-refractivity contribution >= 4 is 5.91 Å². The molecule has 1 aromatic rings. The van der Waals surface area contributed by atoms with E-state index >= 15 is 0 Å². The molecule has 0 aromatic heterocycles. The molecule has 0 spiro atoms. The molecule has 0 radical (unpaired) electrons. The number of carbonyl (C=O) groups is 1. The Labute approximate surface area is 103 Å². The number of hydrogen-bond donors (Lipinski definition) is 2. The van der Waals surface area contributed by atoms with E-state index in [1.54, 1.807) is 0 Å². The molecule has 1 aromatic carbocycles. The van der Waals surface area contributed by atoms with Gasteiger partial charge in [-0.3, -0.25) is 4.79 Å². The van der Waals surface area contributed by atoms with Crippen molar-refractivity contribution in [3.8, 4) is 0 Å². The lowest BCUT2D eigenvalue weighted by molar-refractivity contribution is -0.138. The molecule has 0 heterocycles. The van der Waals surface area contributed by atoms with Crippen LogP contribution >= 0.6 is 0 Å². The maximum absolute atomic E-state index is 12.8. The molecule has 100 valence electrons. The molecular formula is C12H15F3N2O. The third-order valence-corrected chi connectivity index (χ3v) is 2.46. The highest BCUT2D eigenvalue weighted by molar-refractivity contribution is 5.82. The predicted octanol–water partition coefficient (Wildman–Crippen LogP) is 2.23. The molecule has 0 saturated heterocycles. The number of alkyl halides is 3. The zero-order valence-electron chi connectivity index (χ0n) is 9.92. The van der Waals surface area contributed by atoms with E-state index in [4.69, 9.17) is 5.73 Å². The van der Waals surface area contributed by atoms with Crippen LogP contribution in [0.25, 0.3) is 0 Å². The maximum Gasteiger partial charge on any atom is 0.416 e. The van der Waals surface area contributed by atoms with Gasteiger partial charge in [-0.2, -0.15) is 13.2 Å². The van der Waals surface area contributed by atoms with Gasteiger partial charge in [0.25, 0.3) is 0 Å². The number of primary amides is 1. The van der Waals surface area contributed by atoms with Crippen LogP contribution in [0.2, 0.25) is 0 Å². The van der Waals surface area contributed by atoms with E-state index in [9.17, 15) is 18.0 Å². The average molecular weight is 260 g/mol. The van der Waals surface area contributed by atoms with Gasteiger partial charge in [0.05, 0.1) is 5.56 Å². The summed E-state index contributed by atoms with van der Waals surface area (Å²) in [6.07, 6.45) is -3.81. The standard InChI is InChI=1S/C12H15F3N2O/c1-2-7-17-10(11(16)18)8-5-3-4-6-9(8)12(13,14)15/h3-6,10,17H,2,7H2,1H3,(H2,16,18). The number of benzene rings is 1. The molecule has 3 N–H and O–H groups in total. The minimum Gasteiger partial charge on any atom is -0.368 e. The van der Waals surface area contributed by atoms with Crippen LogP contribution in [-0.4, -0.2) is 12.5 Å². The van der Waals surface area contributed by atoms with Crippen molar-refractivity contribution in [1.29, 1.82) is 0 Å². The molecule has 0 aliphatic rings. The Morgan fingerprint density at radius 3 is 2.50 bits per heavy atom. The van der Waals surface area contributed by atoms with Gasteiger partial charge in [-0.05, 0) is 24.6 Å². The summed E-state index contributed by atoms with van der Waals surface area (Å²) in [6.45, 7) is 2.26. The molecule has 1 atom stereocenters. The predicted molar refractivity (Wildman–Crippen MR) is 61.7 cm³/mol. The third-order valence-electron chi connectivity index (χ3n) is 2.46. The van der Waals surface area contributed by atoms with Crippen molar-refractivity contribution in [3.63, 3.8) is 0 Å². The van der Waals surface area contributed by atoms with Crippen LogP contribution in [0.4, 0.5) is 13.2 Å². The molecular weight excluding hydrogens is 245 g/mol. The van der Waals surface area contributed by atoms with E-state index in [0.29, 0.717) is 13.0 Å². The first-order valence-electron chi connectivity index (χ1n) is 5.56. The Balaban J connectivity index is 3.16. The van der Waals surface area contributed by atoms with Gasteiger partial charge in [0, 0.05) is 0 Å². The molecule has 6 heteroatoms. The van der Waals surface area contributed by atoms with Crippen molar-refractivity contribution in [1.82, 2.24) is 5.32 Å². The minimum atomic E-state index is -4.50. The molecule has 1 unspecified atom stereocenters. The number of nitrogens with one attached hydrogen (secondary N) is 1. The second kappa shape index (κ2) is 5.86. The molecule has 18 heavy (non-hydrogen) atoms. The monoisotopic (exact) mass is 260 g/mol. The fraction of sp³-hybridized carbons (Fsp3) is 0.417. The Kier molecular flexibility index (Phi) is 4.72. The van der Waals surface area contributed by atoms with Gasteiger partial charge in [0.2, 0.25) is 5.91 Å². The van der Waals surface area contributed by atoms with Crippen LogP contribution in [0.1, 0.15) is 30.5 Å². The fourth-order valence-corrected chi connectivity index (χ4v) is 1.66. The summed E-state index contributed by atoms with van der Waals surface area (Å²) in [5.74, 6) is -0.819. The number of nitrogens with two attached hydrogens (primary N) is 1. The summed E-state index contributed by atoms with van der Waals surface area (Å²) in [7, 11) is 0. The lowest BCUT2D eigenvalue weighted by Crippen LogP contribution is -2.35. The van der Waals surface area contributed by atoms with E-state index in [1.807, 2.05) is 6.92 Å². The zero-order chi connectivity index (χ0) is 13.8. The third kappa shape index (κ3) is 3.46. The molecule has 0 fully saturated rings. The van der Waals surface area contributed by atoms with E-state index in [2.05, 4.69) is 5.32 Å². The molecule has 0 bridgehead atoms. The Morgan fingerprint density at radius 1 is 1.39 bits per heavy atom. The van der Waals surface area contributed by atoms with Crippen LogP contribution in [0.3, 0.4) is 0 Å². The summed E-state index contributed by atoms with van der Waals surface area (Å²) in [5.41, 5.74) is 4.18. The van der Waals surface area contributed by atoms with Gasteiger partial charge >= 0.3 is 6.18 Å². The van der Waals surface area contributed by atoms with Crippen molar-refractivity contribution in [2.45, 2.75) is 25.6 Å². The van der Waals surface area contributed by atoms with Gasteiger partial charge < -0.3 is 11.1 Å². The Bertz CT molecular complexity index is 418. The number of carbonyl (C=O) groups excluding carboxylic acids is 1. The number of hydrogen-bond acceptors (Lipinski definition) is 2. The lowest BCUT2D eigenvalue weighted by Gasteiger charge is -2.20. The van der Waals surface area contributed by atoms with Crippen molar-refractivity contribution < 1.29 is 18.0 Å². The van der Waals surface area contributed by atoms with E-state index in [1.165, 1.54) is 18.2 Å².